The third-order valence-electron chi connectivity index (χ3n) is 7.78. The van der Waals surface area contributed by atoms with Gasteiger partial charge in [0.05, 0.1) is 0 Å². The Kier molecular flexibility index (Phi) is 4.10. The largest absolute Gasteiger partial charge is 0.0533 e. The van der Waals surface area contributed by atoms with Crippen molar-refractivity contribution in [2.45, 2.75) is 89.9 Å². The first-order chi connectivity index (χ1) is 9.92. The van der Waals surface area contributed by atoms with Gasteiger partial charge in [-0.25, -0.2) is 0 Å². The molecule has 0 bridgehead atoms. The maximum Gasteiger partial charge on any atom is -0.0352 e. The van der Waals surface area contributed by atoms with Crippen molar-refractivity contribution < 1.29 is 0 Å². The summed E-state index contributed by atoms with van der Waals surface area (Å²) in [6.45, 7) is 0. The molecule has 20 heavy (non-hydrogen) atoms. The topological polar surface area (TPSA) is 0 Å². The quantitative estimate of drug-likeness (QED) is 0.562. The van der Waals surface area contributed by atoms with E-state index in [0.717, 1.165) is 29.6 Å². The van der Waals surface area contributed by atoms with Crippen LogP contribution < -0.4 is 0 Å². The van der Waals surface area contributed by atoms with Crippen molar-refractivity contribution in [3.63, 3.8) is 0 Å². The van der Waals surface area contributed by atoms with Crippen molar-refractivity contribution in [3.8, 4) is 0 Å². The zero-order valence-corrected chi connectivity index (χ0v) is 13.4. The van der Waals surface area contributed by atoms with E-state index in [1.54, 1.807) is 77.0 Å². The zero-order valence-electron chi connectivity index (χ0n) is 13.4. The van der Waals surface area contributed by atoms with Crippen LogP contribution in [0.25, 0.3) is 0 Å². The predicted octanol–water partition coefficient (Wildman–Crippen LogP) is 6.20. The van der Waals surface area contributed by atoms with Crippen LogP contribution in [0.1, 0.15) is 89.9 Å². The first kappa shape index (κ1) is 13.6. The summed E-state index contributed by atoms with van der Waals surface area (Å²) in [5, 5.41) is 0. The standard InChI is InChI=1S/C20H34/c1-3-7-15(8-4-1)18-13-17-11-12-19(20(17)14-18)16-9-5-2-6-10-16/h15-20H,1-14H2. The highest BCUT2D eigenvalue weighted by Crippen LogP contribution is 2.56. The third kappa shape index (κ3) is 2.57. The Bertz CT molecular complexity index is 308. The number of hydrogen-bond acceptors (Lipinski definition) is 0. The zero-order chi connectivity index (χ0) is 13.4. The highest BCUT2D eigenvalue weighted by atomic mass is 14.5. The fourth-order valence-electron chi connectivity index (χ4n) is 6.82. The van der Waals surface area contributed by atoms with Gasteiger partial charge in [0.1, 0.15) is 0 Å². The normalized spacial score (nSPS) is 43.8. The fourth-order valence-corrected chi connectivity index (χ4v) is 6.82. The van der Waals surface area contributed by atoms with E-state index in [-0.39, 0.29) is 0 Å². The Morgan fingerprint density at radius 3 is 1.70 bits per heavy atom. The van der Waals surface area contributed by atoms with E-state index in [1.807, 2.05) is 0 Å². The van der Waals surface area contributed by atoms with Crippen LogP contribution in [-0.4, -0.2) is 0 Å². The molecule has 4 aliphatic rings. The summed E-state index contributed by atoms with van der Waals surface area (Å²) in [6, 6.07) is 0. The third-order valence-corrected chi connectivity index (χ3v) is 7.78. The van der Waals surface area contributed by atoms with Gasteiger partial charge in [-0.1, -0.05) is 64.2 Å². The van der Waals surface area contributed by atoms with Crippen molar-refractivity contribution in [2.75, 3.05) is 0 Å². The highest BCUT2D eigenvalue weighted by Gasteiger charge is 2.47. The second kappa shape index (κ2) is 6.01. The van der Waals surface area contributed by atoms with Crippen LogP contribution in [0.2, 0.25) is 0 Å². The summed E-state index contributed by atoms with van der Waals surface area (Å²) >= 11 is 0. The van der Waals surface area contributed by atoms with Crippen molar-refractivity contribution in [1.82, 2.24) is 0 Å². The summed E-state index contributed by atoms with van der Waals surface area (Å²) in [5.41, 5.74) is 0. The van der Waals surface area contributed by atoms with Gasteiger partial charge in [-0.3, -0.25) is 0 Å². The van der Waals surface area contributed by atoms with Crippen molar-refractivity contribution in [1.29, 1.82) is 0 Å². The molecule has 0 heterocycles. The average molecular weight is 274 g/mol. The van der Waals surface area contributed by atoms with E-state index in [2.05, 4.69) is 0 Å². The van der Waals surface area contributed by atoms with Crippen molar-refractivity contribution >= 4 is 0 Å². The van der Waals surface area contributed by atoms with Gasteiger partial charge >= 0.3 is 0 Å². The van der Waals surface area contributed by atoms with E-state index >= 15 is 0 Å². The second-order valence-corrected chi connectivity index (χ2v) is 8.69. The van der Waals surface area contributed by atoms with Crippen LogP contribution in [0.3, 0.4) is 0 Å². The Morgan fingerprint density at radius 2 is 1.00 bits per heavy atom. The second-order valence-electron chi connectivity index (χ2n) is 8.69. The Labute approximate surface area is 126 Å². The first-order valence-corrected chi connectivity index (χ1v) is 9.92. The molecule has 0 saturated heterocycles. The van der Waals surface area contributed by atoms with Gasteiger partial charge in [-0.2, -0.15) is 0 Å². The summed E-state index contributed by atoms with van der Waals surface area (Å²) in [6.07, 6.45) is 22.1. The molecule has 4 atom stereocenters. The van der Waals surface area contributed by atoms with Crippen molar-refractivity contribution in [3.05, 3.63) is 0 Å². The van der Waals surface area contributed by atoms with Gasteiger partial charge in [0, 0.05) is 0 Å². The first-order valence-electron chi connectivity index (χ1n) is 9.92. The Hall–Kier alpha value is 0. The van der Waals surface area contributed by atoms with Gasteiger partial charge in [0.15, 0.2) is 0 Å². The lowest BCUT2D eigenvalue weighted by atomic mass is 9.73. The Morgan fingerprint density at radius 1 is 0.350 bits per heavy atom. The van der Waals surface area contributed by atoms with Gasteiger partial charge in [0.2, 0.25) is 0 Å². The lowest BCUT2D eigenvalue weighted by Crippen LogP contribution is -2.23. The highest BCUT2D eigenvalue weighted by molar-refractivity contribution is 4.97. The summed E-state index contributed by atoms with van der Waals surface area (Å²) in [4.78, 5) is 0. The minimum atomic E-state index is 1.14. The van der Waals surface area contributed by atoms with E-state index in [4.69, 9.17) is 0 Å². The maximum atomic E-state index is 1.65. The van der Waals surface area contributed by atoms with Crippen LogP contribution in [-0.2, 0) is 0 Å². The molecule has 0 aromatic rings. The molecule has 0 aromatic carbocycles. The molecule has 4 aliphatic carbocycles. The van der Waals surface area contributed by atoms with Crippen LogP contribution >= 0.6 is 0 Å². The molecule has 4 saturated carbocycles. The maximum absolute atomic E-state index is 1.65. The number of rotatable bonds is 2. The molecule has 0 aromatic heterocycles. The molecular weight excluding hydrogens is 240 g/mol. The summed E-state index contributed by atoms with van der Waals surface area (Å²) < 4.78 is 0. The summed E-state index contributed by atoms with van der Waals surface area (Å²) in [5.74, 6) is 6.93. The van der Waals surface area contributed by atoms with E-state index in [1.165, 1.54) is 18.8 Å². The lowest BCUT2D eigenvalue weighted by molar-refractivity contribution is 0.178. The molecular formula is C20H34. The number of hydrogen-bond donors (Lipinski definition) is 0. The molecule has 4 fully saturated rings. The monoisotopic (exact) mass is 274 g/mol. The predicted molar refractivity (Wildman–Crippen MR) is 85.6 cm³/mol. The van der Waals surface area contributed by atoms with Crippen LogP contribution in [0.15, 0.2) is 0 Å². The van der Waals surface area contributed by atoms with Crippen LogP contribution in [0.5, 0.6) is 0 Å². The molecule has 114 valence electrons. The smallest absolute Gasteiger partial charge is 0.0352 e. The van der Waals surface area contributed by atoms with Gasteiger partial charge in [0.25, 0.3) is 0 Å². The van der Waals surface area contributed by atoms with E-state index < -0.39 is 0 Å². The van der Waals surface area contributed by atoms with E-state index in [0.29, 0.717) is 0 Å². The minimum Gasteiger partial charge on any atom is -0.0533 e. The van der Waals surface area contributed by atoms with Gasteiger partial charge in [-0.15, -0.1) is 0 Å². The van der Waals surface area contributed by atoms with Crippen molar-refractivity contribution in [2.24, 2.45) is 35.5 Å². The van der Waals surface area contributed by atoms with Crippen LogP contribution in [0, 0.1) is 35.5 Å². The molecule has 0 nitrogen and oxygen atoms in total. The molecule has 0 N–H and O–H groups in total. The van der Waals surface area contributed by atoms with Gasteiger partial charge in [-0.05, 0) is 61.2 Å². The minimum absolute atomic E-state index is 1.14. The molecule has 4 unspecified atom stereocenters. The molecule has 0 heteroatoms. The Balaban J connectivity index is 1.38. The van der Waals surface area contributed by atoms with E-state index in [9.17, 15) is 0 Å². The molecule has 4 rings (SSSR count). The SMILES string of the molecule is C1CCC(C2CC3CCC(C4CCCCC4)C3C2)CC1. The lowest BCUT2D eigenvalue weighted by Gasteiger charge is -2.33. The molecule has 0 aliphatic heterocycles. The summed E-state index contributed by atoms with van der Waals surface area (Å²) in [7, 11) is 0. The van der Waals surface area contributed by atoms with Gasteiger partial charge < -0.3 is 0 Å². The molecule has 0 radical (unpaired) electrons. The molecule has 0 amide bonds. The molecule has 0 spiro atoms. The average Bonchev–Trinajstić information content (AvgIpc) is 3.09. The fraction of sp³-hybridized carbons (Fsp3) is 1.00. The number of fused-ring (bicyclic) bond motifs is 1. The van der Waals surface area contributed by atoms with Crippen LogP contribution in [0.4, 0.5) is 0 Å².